The molecule has 0 aromatic carbocycles. The predicted molar refractivity (Wildman–Crippen MR) is 60.3 cm³/mol. The third-order valence-electron chi connectivity index (χ3n) is 2.80. The van der Waals surface area contributed by atoms with Crippen molar-refractivity contribution >= 4 is 5.91 Å². The maximum absolute atomic E-state index is 12.3. The topological polar surface area (TPSA) is 46.3 Å². The number of halogens is 3. The summed E-state index contributed by atoms with van der Waals surface area (Å²) in [5, 5.41) is 0. The zero-order valence-corrected chi connectivity index (χ0v) is 10.7. The molecule has 2 N–H and O–H groups in total. The van der Waals surface area contributed by atoms with Crippen molar-refractivity contribution in [3.63, 3.8) is 0 Å². The van der Waals surface area contributed by atoms with Crippen LogP contribution in [0.3, 0.4) is 0 Å². The van der Waals surface area contributed by atoms with Gasteiger partial charge in [-0.15, -0.1) is 0 Å². The normalized spacial score (nSPS) is 15.8. The third kappa shape index (κ3) is 5.39. The average Bonchev–Trinajstić information content (AvgIpc) is 2.21. The van der Waals surface area contributed by atoms with Crippen molar-refractivity contribution in [2.45, 2.75) is 52.4 Å². The summed E-state index contributed by atoms with van der Waals surface area (Å²) in [5.74, 6) is -0.761. The number of carbonyl (C=O) groups excluding carboxylic acids is 1. The third-order valence-corrected chi connectivity index (χ3v) is 2.80. The van der Waals surface area contributed by atoms with Gasteiger partial charge in [0.2, 0.25) is 5.91 Å². The van der Waals surface area contributed by atoms with Gasteiger partial charge in [-0.25, -0.2) is 0 Å². The fraction of sp³-hybridized carbons (Fsp3) is 0.909. The van der Waals surface area contributed by atoms with Gasteiger partial charge >= 0.3 is 6.18 Å². The zero-order chi connectivity index (χ0) is 13.8. The van der Waals surface area contributed by atoms with Crippen LogP contribution < -0.4 is 5.73 Å². The Morgan fingerprint density at radius 3 is 2.06 bits per heavy atom. The van der Waals surface area contributed by atoms with Crippen LogP contribution in [-0.2, 0) is 4.79 Å². The van der Waals surface area contributed by atoms with Gasteiger partial charge < -0.3 is 10.6 Å². The molecule has 0 heterocycles. The van der Waals surface area contributed by atoms with Gasteiger partial charge in [0.1, 0.15) is 6.54 Å². The van der Waals surface area contributed by atoms with Crippen molar-refractivity contribution in [2.24, 2.45) is 11.7 Å². The molecule has 0 aromatic rings. The number of carbonyl (C=O) groups is 1. The molecule has 0 saturated heterocycles. The number of rotatable bonds is 5. The molecule has 2 unspecified atom stereocenters. The lowest BCUT2D eigenvalue weighted by atomic mass is 9.98. The monoisotopic (exact) mass is 254 g/mol. The molecule has 0 aliphatic carbocycles. The molecular weight excluding hydrogens is 233 g/mol. The second kappa shape index (κ2) is 6.23. The number of hydrogen-bond donors (Lipinski definition) is 1. The van der Waals surface area contributed by atoms with Gasteiger partial charge in [0, 0.05) is 6.04 Å². The lowest BCUT2D eigenvalue weighted by Gasteiger charge is -2.31. The van der Waals surface area contributed by atoms with Crippen LogP contribution in [0.4, 0.5) is 13.2 Å². The molecule has 3 nitrogen and oxygen atoms in total. The van der Waals surface area contributed by atoms with Gasteiger partial charge in [-0.05, 0) is 19.8 Å². The number of hydrogen-bond acceptors (Lipinski definition) is 2. The lowest BCUT2D eigenvalue weighted by Crippen LogP contribution is -2.52. The summed E-state index contributed by atoms with van der Waals surface area (Å²) in [6.07, 6.45) is -3.74. The Morgan fingerprint density at radius 2 is 1.76 bits per heavy atom. The second-order valence-electron chi connectivity index (χ2n) is 4.59. The van der Waals surface area contributed by atoms with Crippen LogP contribution in [-0.4, -0.2) is 35.6 Å². The molecule has 0 aromatic heterocycles. The van der Waals surface area contributed by atoms with Gasteiger partial charge in [0.05, 0.1) is 6.04 Å². The molecule has 0 fully saturated rings. The van der Waals surface area contributed by atoms with E-state index in [0.29, 0.717) is 6.42 Å². The first-order valence-corrected chi connectivity index (χ1v) is 5.73. The largest absolute Gasteiger partial charge is 0.406 e. The Kier molecular flexibility index (Phi) is 5.95. The molecule has 0 radical (unpaired) electrons. The van der Waals surface area contributed by atoms with E-state index in [1.807, 2.05) is 6.92 Å². The van der Waals surface area contributed by atoms with Gasteiger partial charge in [0.25, 0.3) is 0 Å². The van der Waals surface area contributed by atoms with Crippen molar-refractivity contribution in [1.82, 2.24) is 4.90 Å². The Morgan fingerprint density at radius 1 is 1.29 bits per heavy atom. The van der Waals surface area contributed by atoms with Crippen molar-refractivity contribution in [3.05, 3.63) is 0 Å². The van der Waals surface area contributed by atoms with Crippen LogP contribution >= 0.6 is 0 Å². The quantitative estimate of drug-likeness (QED) is 0.817. The van der Waals surface area contributed by atoms with E-state index in [1.165, 1.54) is 0 Å². The van der Waals surface area contributed by atoms with Crippen molar-refractivity contribution in [3.8, 4) is 0 Å². The highest BCUT2D eigenvalue weighted by Crippen LogP contribution is 2.20. The molecule has 0 saturated carbocycles. The first-order valence-electron chi connectivity index (χ1n) is 5.73. The molecular formula is C11H21F3N2O. The molecule has 1 amide bonds. The highest BCUT2D eigenvalue weighted by atomic mass is 19.4. The zero-order valence-electron chi connectivity index (χ0n) is 10.7. The Hall–Kier alpha value is -0.780. The molecule has 0 spiro atoms. The number of nitrogens with two attached hydrogens (primary N) is 1. The first kappa shape index (κ1) is 16.2. The summed E-state index contributed by atoms with van der Waals surface area (Å²) in [4.78, 5) is 12.7. The van der Waals surface area contributed by atoms with E-state index in [4.69, 9.17) is 5.73 Å². The summed E-state index contributed by atoms with van der Waals surface area (Å²) in [6.45, 7) is 5.46. The van der Waals surface area contributed by atoms with Gasteiger partial charge in [-0.1, -0.05) is 20.3 Å². The predicted octanol–water partition coefficient (Wildman–Crippen LogP) is 2.16. The minimum absolute atomic E-state index is 0.128. The standard InChI is InChI=1S/C11H21F3N2O/c1-5-8(4)9(15)10(17)16(7(2)3)6-11(12,13)14/h7-9H,5-6,15H2,1-4H3. The molecule has 102 valence electrons. The molecule has 0 rings (SSSR count). The Balaban J connectivity index is 4.78. The number of amides is 1. The number of alkyl halides is 3. The molecule has 0 aliphatic heterocycles. The van der Waals surface area contributed by atoms with Crippen molar-refractivity contribution < 1.29 is 18.0 Å². The van der Waals surface area contributed by atoms with Crippen molar-refractivity contribution in [2.75, 3.05) is 6.54 Å². The van der Waals surface area contributed by atoms with Crippen LogP contribution in [0, 0.1) is 5.92 Å². The Labute approximate surface area is 100 Å². The molecule has 0 bridgehead atoms. The first-order chi connectivity index (χ1) is 7.60. The number of nitrogens with zero attached hydrogens (tertiary/aromatic N) is 1. The molecule has 2 atom stereocenters. The lowest BCUT2D eigenvalue weighted by molar-refractivity contribution is -0.166. The van der Waals surface area contributed by atoms with E-state index in [-0.39, 0.29) is 5.92 Å². The minimum Gasteiger partial charge on any atom is -0.330 e. The van der Waals surface area contributed by atoms with Crippen LogP contribution in [0.1, 0.15) is 34.1 Å². The van der Waals surface area contributed by atoms with E-state index >= 15 is 0 Å². The highest BCUT2D eigenvalue weighted by molar-refractivity contribution is 5.82. The fourth-order valence-corrected chi connectivity index (χ4v) is 1.40. The average molecular weight is 254 g/mol. The fourth-order valence-electron chi connectivity index (χ4n) is 1.40. The van der Waals surface area contributed by atoms with Crippen LogP contribution in [0.5, 0.6) is 0 Å². The SMILES string of the molecule is CCC(C)C(N)C(=O)N(CC(F)(F)F)C(C)C. The van der Waals surface area contributed by atoms with Crippen molar-refractivity contribution in [1.29, 1.82) is 0 Å². The molecule has 17 heavy (non-hydrogen) atoms. The van der Waals surface area contributed by atoms with Gasteiger partial charge in [-0.3, -0.25) is 4.79 Å². The van der Waals surface area contributed by atoms with E-state index in [9.17, 15) is 18.0 Å². The van der Waals surface area contributed by atoms with E-state index < -0.39 is 30.7 Å². The van der Waals surface area contributed by atoms with E-state index in [0.717, 1.165) is 4.90 Å². The maximum atomic E-state index is 12.3. The summed E-state index contributed by atoms with van der Waals surface area (Å²) in [7, 11) is 0. The summed E-state index contributed by atoms with van der Waals surface area (Å²) < 4.78 is 37.0. The smallest absolute Gasteiger partial charge is 0.330 e. The second-order valence-corrected chi connectivity index (χ2v) is 4.59. The summed E-state index contributed by atoms with van der Waals surface area (Å²) in [5.41, 5.74) is 5.67. The van der Waals surface area contributed by atoms with E-state index in [2.05, 4.69) is 0 Å². The molecule has 6 heteroatoms. The highest BCUT2D eigenvalue weighted by Gasteiger charge is 2.36. The summed E-state index contributed by atoms with van der Waals surface area (Å²) in [6, 6.07) is -1.39. The Bertz CT molecular complexity index is 254. The summed E-state index contributed by atoms with van der Waals surface area (Å²) >= 11 is 0. The minimum atomic E-state index is -4.39. The molecule has 0 aliphatic rings. The van der Waals surface area contributed by atoms with Gasteiger partial charge in [-0.2, -0.15) is 13.2 Å². The van der Waals surface area contributed by atoms with E-state index in [1.54, 1.807) is 20.8 Å². The van der Waals surface area contributed by atoms with Gasteiger partial charge in [0.15, 0.2) is 0 Å². The van der Waals surface area contributed by atoms with Crippen LogP contribution in [0.25, 0.3) is 0 Å². The van der Waals surface area contributed by atoms with Crippen LogP contribution in [0.15, 0.2) is 0 Å². The van der Waals surface area contributed by atoms with Crippen LogP contribution in [0.2, 0.25) is 0 Å². The maximum Gasteiger partial charge on any atom is 0.406 e.